The second-order valence-corrected chi connectivity index (χ2v) is 4.24. The number of hydrogen-bond donors (Lipinski definition) is 1. The van der Waals surface area contributed by atoms with Crippen LogP contribution in [0.15, 0.2) is 18.2 Å². The topological polar surface area (TPSA) is 15.3 Å². The van der Waals surface area contributed by atoms with Gasteiger partial charge in [-0.25, -0.2) is 0 Å². The monoisotopic (exact) mass is 266 g/mol. The summed E-state index contributed by atoms with van der Waals surface area (Å²) in [4.78, 5) is 2.29. The van der Waals surface area contributed by atoms with E-state index in [1.807, 2.05) is 12.1 Å². The fourth-order valence-electron chi connectivity index (χ4n) is 1.64. The van der Waals surface area contributed by atoms with E-state index >= 15 is 0 Å². The van der Waals surface area contributed by atoms with Gasteiger partial charge < -0.3 is 10.2 Å². The summed E-state index contributed by atoms with van der Waals surface area (Å²) in [5, 5.41) is 4.71. The molecule has 84 valence electrons. The number of nitrogens with zero attached hydrogens (tertiary/aromatic N) is 1. The predicted molar refractivity (Wildman–Crippen MR) is 68.8 cm³/mol. The lowest BCUT2D eigenvalue weighted by molar-refractivity contribution is 0.589. The number of nitrogens with one attached hydrogen (secondary N) is 1. The molecule has 1 aliphatic rings. The van der Waals surface area contributed by atoms with Crippen molar-refractivity contribution in [2.24, 2.45) is 0 Å². The Balaban J connectivity index is 0.00000112. The van der Waals surface area contributed by atoms with Crippen LogP contribution in [0.3, 0.4) is 0 Å². The highest BCUT2D eigenvalue weighted by molar-refractivity contribution is 6.35. The second kappa shape index (κ2) is 5.80. The maximum absolute atomic E-state index is 5.94. The molecule has 0 spiro atoms. The predicted octanol–water partition coefficient (Wildman–Crippen LogP) is 2.82. The molecule has 0 radical (unpaired) electrons. The van der Waals surface area contributed by atoms with Gasteiger partial charge in [-0.05, 0) is 18.2 Å². The van der Waals surface area contributed by atoms with Crippen molar-refractivity contribution in [1.29, 1.82) is 0 Å². The molecule has 5 heteroatoms. The number of benzene rings is 1. The zero-order valence-electron chi connectivity index (χ0n) is 8.17. The molecular weight excluding hydrogens is 254 g/mol. The molecule has 0 saturated carbocycles. The van der Waals surface area contributed by atoms with Crippen molar-refractivity contribution in [2.45, 2.75) is 0 Å². The van der Waals surface area contributed by atoms with Crippen LogP contribution in [0.25, 0.3) is 0 Å². The van der Waals surface area contributed by atoms with Crippen LogP contribution in [0.4, 0.5) is 5.69 Å². The molecule has 1 fully saturated rings. The molecule has 0 bridgehead atoms. The molecule has 1 aromatic rings. The van der Waals surface area contributed by atoms with Crippen molar-refractivity contribution in [3.63, 3.8) is 0 Å². The molecule has 1 saturated heterocycles. The number of hydrogen-bond acceptors (Lipinski definition) is 2. The van der Waals surface area contributed by atoms with Gasteiger partial charge in [0.25, 0.3) is 0 Å². The second-order valence-electron chi connectivity index (χ2n) is 3.36. The summed E-state index contributed by atoms with van der Waals surface area (Å²) < 4.78 is 0. The zero-order chi connectivity index (χ0) is 9.97. The van der Waals surface area contributed by atoms with E-state index in [9.17, 15) is 0 Å². The van der Waals surface area contributed by atoms with Gasteiger partial charge in [0.2, 0.25) is 0 Å². The quantitative estimate of drug-likeness (QED) is 0.842. The van der Waals surface area contributed by atoms with E-state index in [4.69, 9.17) is 23.2 Å². The van der Waals surface area contributed by atoms with E-state index in [1.165, 1.54) is 0 Å². The van der Waals surface area contributed by atoms with E-state index in [0.717, 1.165) is 31.9 Å². The lowest BCUT2D eigenvalue weighted by Crippen LogP contribution is -2.43. The van der Waals surface area contributed by atoms with Crippen molar-refractivity contribution >= 4 is 41.3 Å². The molecule has 0 amide bonds. The maximum Gasteiger partial charge on any atom is 0.0441 e. The number of halogens is 3. The summed E-state index contributed by atoms with van der Waals surface area (Å²) >= 11 is 11.9. The summed E-state index contributed by atoms with van der Waals surface area (Å²) in [6.45, 7) is 4.06. The molecule has 1 heterocycles. The first kappa shape index (κ1) is 12.9. The Morgan fingerprint density at radius 2 is 1.53 bits per heavy atom. The Hall–Kier alpha value is -0.150. The lowest BCUT2D eigenvalue weighted by Gasteiger charge is -2.29. The van der Waals surface area contributed by atoms with Gasteiger partial charge in [-0.2, -0.15) is 0 Å². The van der Waals surface area contributed by atoms with Crippen molar-refractivity contribution < 1.29 is 0 Å². The van der Waals surface area contributed by atoms with E-state index in [0.29, 0.717) is 10.0 Å². The standard InChI is InChI=1S/C10H12Cl2N2.ClH/c11-8-5-9(12)7-10(6-8)14-3-1-13-2-4-14;/h5-7,13H,1-4H2;1H. The first-order valence-electron chi connectivity index (χ1n) is 4.67. The smallest absolute Gasteiger partial charge is 0.0441 e. The van der Waals surface area contributed by atoms with Gasteiger partial charge in [0, 0.05) is 41.9 Å². The average Bonchev–Trinajstić information content (AvgIpc) is 2.18. The number of piperazine rings is 1. The average molecular weight is 268 g/mol. The minimum absolute atomic E-state index is 0. The van der Waals surface area contributed by atoms with Crippen LogP contribution in [0.1, 0.15) is 0 Å². The molecule has 0 atom stereocenters. The third-order valence-electron chi connectivity index (χ3n) is 2.33. The molecule has 2 rings (SSSR count). The molecule has 0 unspecified atom stereocenters. The molecule has 2 nitrogen and oxygen atoms in total. The van der Waals surface area contributed by atoms with Gasteiger partial charge in [-0.15, -0.1) is 12.4 Å². The van der Waals surface area contributed by atoms with Crippen molar-refractivity contribution in [3.8, 4) is 0 Å². The Morgan fingerprint density at radius 1 is 1.00 bits per heavy atom. The molecule has 1 aliphatic heterocycles. The largest absolute Gasteiger partial charge is 0.369 e. The zero-order valence-corrected chi connectivity index (χ0v) is 10.5. The van der Waals surface area contributed by atoms with Crippen LogP contribution in [-0.2, 0) is 0 Å². The van der Waals surface area contributed by atoms with Crippen LogP contribution in [0.2, 0.25) is 10.0 Å². The van der Waals surface area contributed by atoms with Crippen LogP contribution >= 0.6 is 35.6 Å². The maximum atomic E-state index is 5.94. The Kier molecular flexibility index (Phi) is 5.00. The molecule has 1 aromatic carbocycles. The van der Waals surface area contributed by atoms with Crippen LogP contribution in [-0.4, -0.2) is 26.2 Å². The first-order valence-corrected chi connectivity index (χ1v) is 5.43. The van der Waals surface area contributed by atoms with E-state index in [2.05, 4.69) is 10.2 Å². The summed E-state index contributed by atoms with van der Waals surface area (Å²) in [6, 6.07) is 5.67. The molecule has 15 heavy (non-hydrogen) atoms. The summed E-state index contributed by atoms with van der Waals surface area (Å²) in [5.74, 6) is 0. The van der Waals surface area contributed by atoms with Crippen molar-refractivity contribution in [1.82, 2.24) is 5.32 Å². The lowest BCUT2D eigenvalue weighted by atomic mass is 10.2. The first-order chi connectivity index (χ1) is 6.75. The number of rotatable bonds is 1. The molecule has 0 aliphatic carbocycles. The Morgan fingerprint density at radius 3 is 2.07 bits per heavy atom. The summed E-state index contributed by atoms with van der Waals surface area (Å²) in [6.07, 6.45) is 0. The van der Waals surface area contributed by atoms with Gasteiger partial charge in [0.05, 0.1) is 0 Å². The highest BCUT2D eigenvalue weighted by Gasteiger charge is 2.11. The third kappa shape index (κ3) is 3.42. The SMILES string of the molecule is Cl.Clc1cc(Cl)cc(N2CCNCC2)c1. The Labute approximate surface area is 106 Å². The fraction of sp³-hybridized carbons (Fsp3) is 0.400. The van der Waals surface area contributed by atoms with E-state index in [1.54, 1.807) is 6.07 Å². The number of anilines is 1. The minimum atomic E-state index is 0. The molecular formula is C10H13Cl3N2. The van der Waals surface area contributed by atoms with Gasteiger partial charge >= 0.3 is 0 Å². The summed E-state index contributed by atoms with van der Waals surface area (Å²) in [5.41, 5.74) is 1.11. The van der Waals surface area contributed by atoms with Crippen LogP contribution < -0.4 is 10.2 Å². The van der Waals surface area contributed by atoms with Crippen molar-refractivity contribution in [3.05, 3.63) is 28.2 Å². The van der Waals surface area contributed by atoms with Crippen LogP contribution in [0, 0.1) is 0 Å². The summed E-state index contributed by atoms with van der Waals surface area (Å²) in [7, 11) is 0. The van der Waals surface area contributed by atoms with Gasteiger partial charge in [-0.3, -0.25) is 0 Å². The van der Waals surface area contributed by atoms with Crippen LogP contribution in [0.5, 0.6) is 0 Å². The van der Waals surface area contributed by atoms with Gasteiger partial charge in [-0.1, -0.05) is 23.2 Å². The molecule has 0 aromatic heterocycles. The van der Waals surface area contributed by atoms with Crippen molar-refractivity contribution in [2.75, 3.05) is 31.1 Å². The third-order valence-corrected chi connectivity index (χ3v) is 2.77. The normalized spacial score (nSPS) is 16.0. The minimum Gasteiger partial charge on any atom is -0.369 e. The fourth-order valence-corrected chi connectivity index (χ4v) is 2.16. The van der Waals surface area contributed by atoms with Gasteiger partial charge in [0.1, 0.15) is 0 Å². The van der Waals surface area contributed by atoms with E-state index in [-0.39, 0.29) is 12.4 Å². The molecule has 1 N–H and O–H groups in total. The van der Waals surface area contributed by atoms with E-state index < -0.39 is 0 Å². The highest BCUT2D eigenvalue weighted by atomic mass is 35.5. The Bertz CT molecular complexity index is 304. The highest BCUT2D eigenvalue weighted by Crippen LogP contribution is 2.25. The van der Waals surface area contributed by atoms with Gasteiger partial charge in [0.15, 0.2) is 0 Å².